The molecule has 0 amide bonds. The van der Waals surface area contributed by atoms with E-state index < -0.39 is 0 Å². The van der Waals surface area contributed by atoms with Gasteiger partial charge < -0.3 is 4.79 Å². The summed E-state index contributed by atoms with van der Waals surface area (Å²) in [6.07, 6.45) is 8.15. The molecule has 3 fully saturated rings. The van der Waals surface area contributed by atoms with Gasteiger partial charge in [0.05, 0.1) is 0 Å². The second-order valence-electron chi connectivity index (χ2n) is 7.04. The summed E-state index contributed by atoms with van der Waals surface area (Å²) in [4.78, 5) is 11.3. The summed E-state index contributed by atoms with van der Waals surface area (Å²) in [5.41, 5.74) is 3.35. The van der Waals surface area contributed by atoms with Gasteiger partial charge >= 0.3 is 0 Å². The monoisotopic (exact) mass is 256 g/mol. The van der Waals surface area contributed by atoms with Gasteiger partial charge in [-0.3, -0.25) is 0 Å². The van der Waals surface area contributed by atoms with E-state index in [4.69, 9.17) is 0 Å². The summed E-state index contributed by atoms with van der Waals surface area (Å²) in [6, 6.07) is 9.28. The molecule has 0 radical (unpaired) electrons. The molecule has 3 aliphatic carbocycles. The lowest BCUT2D eigenvalue weighted by Gasteiger charge is -2.51. The lowest BCUT2D eigenvalue weighted by atomic mass is 9.52. The molecule has 0 saturated heterocycles. The van der Waals surface area contributed by atoms with E-state index in [9.17, 15) is 4.79 Å². The van der Waals surface area contributed by atoms with Crippen molar-refractivity contribution in [3.05, 3.63) is 35.4 Å². The van der Waals surface area contributed by atoms with Crippen LogP contribution >= 0.6 is 0 Å². The Morgan fingerprint density at radius 3 is 1.89 bits per heavy atom. The highest BCUT2D eigenvalue weighted by Gasteiger charge is 2.49. The molecule has 102 valence electrons. The molecule has 0 aromatic heterocycles. The molecule has 3 aliphatic rings. The van der Waals surface area contributed by atoms with Crippen molar-refractivity contribution in [2.24, 2.45) is 5.41 Å². The first kappa shape index (κ1) is 12.9. The van der Waals surface area contributed by atoms with E-state index in [1.807, 2.05) is 0 Å². The van der Waals surface area contributed by atoms with E-state index in [1.165, 1.54) is 36.7 Å². The molecule has 0 spiro atoms. The van der Waals surface area contributed by atoms with E-state index in [-0.39, 0.29) is 5.41 Å². The highest BCUT2D eigenvalue weighted by atomic mass is 16.1. The highest BCUT2D eigenvalue weighted by Crippen LogP contribution is 2.56. The van der Waals surface area contributed by atoms with Crippen LogP contribution in [-0.2, 0) is 10.2 Å². The molecule has 19 heavy (non-hydrogen) atoms. The maximum atomic E-state index is 11.3. The normalized spacial score (nSPS) is 33.6. The predicted molar refractivity (Wildman–Crippen MR) is 78.4 cm³/mol. The maximum Gasteiger partial charge on any atom is 0.126 e. The highest BCUT2D eigenvalue weighted by molar-refractivity contribution is 5.60. The zero-order chi connectivity index (χ0) is 13.5. The fraction of sp³-hybridized carbons (Fsp3) is 0.611. The summed E-state index contributed by atoms with van der Waals surface area (Å²) in [7, 11) is 0. The SMILES string of the molecule is CC(C)c1ccc(C23CCC(C=O)(CC2)CC3)cc1. The standard InChI is InChI=1S/C18H24O/c1-14(2)15-3-5-16(6-4-15)18-10-7-17(13-19,8-11-18)9-12-18/h3-6,13-14H,7-12H2,1-2H3. The fourth-order valence-corrected chi connectivity index (χ4v) is 4.05. The van der Waals surface area contributed by atoms with E-state index in [0.717, 1.165) is 19.3 Å². The summed E-state index contributed by atoms with van der Waals surface area (Å²) in [5.74, 6) is 0.604. The van der Waals surface area contributed by atoms with Crippen molar-refractivity contribution >= 4 is 6.29 Å². The van der Waals surface area contributed by atoms with E-state index in [2.05, 4.69) is 38.1 Å². The van der Waals surface area contributed by atoms with Gasteiger partial charge in [-0.05, 0) is 61.0 Å². The Kier molecular flexibility index (Phi) is 3.03. The van der Waals surface area contributed by atoms with Gasteiger partial charge in [0.1, 0.15) is 6.29 Å². The minimum absolute atomic E-state index is 0.0413. The van der Waals surface area contributed by atoms with Gasteiger partial charge in [0.2, 0.25) is 0 Å². The Morgan fingerprint density at radius 1 is 0.947 bits per heavy atom. The number of hydrogen-bond acceptors (Lipinski definition) is 1. The minimum atomic E-state index is 0.0413. The van der Waals surface area contributed by atoms with Gasteiger partial charge in [-0.1, -0.05) is 38.1 Å². The van der Waals surface area contributed by atoms with Gasteiger partial charge in [0.15, 0.2) is 0 Å². The molecule has 1 aromatic rings. The average molecular weight is 256 g/mol. The minimum Gasteiger partial charge on any atom is -0.303 e. The van der Waals surface area contributed by atoms with Crippen LogP contribution in [0.1, 0.15) is 69.4 Å². The number of aldehydes is 1. The van der Waals surface area contributed by atoms with Crippen LogP contribution in [0.5, 0.6) is 0 Å². The molecule has 2 bridgehead atoms. The Labute approximate surface area is 116 Å². The molecular formula is C18H24O. The third kappa shape index (κ3) is 2.04. The summed E-state index contributed by atoms with van der Waals surface area (Å²) >= 11 is 0. The molecule has 4 rings (SSSR count). The van der Waals surface area contributed by atoms with Crippen LogP contribution in [0.15, 0.2) is 24.3 Å². The predicted octanol–water partition coefficient (Wildman–Crippen LogP) is 4.60. The molecule has 0 heterocycles. The molecule has 1 nitrogen and oxygen atoms in total. The zero-order valence-corrected chi connectivity index (χ0v) is 12.1. The molecule has 1 heteroatoms. The number of benzene rings is 1. The molecular weight excluding hydrogens is 232 g/mol. The summed E-state index contributed by atoms with van der Waals surface area (Å²) < 4.78 is 0. The van der Waals surface area contributed by atoms with E-state index >= 15 is 0 Å². The molecule has 3 saturated carbocycles. The molecule has 0 N–H and O–H groups in total. The van der Waals surface area contributed by atoms with Crippen molar-refractivity contribution in [1.29, 1.82) is 0 Å². The Balaban J connectivity index is 1.85. The molecule has 1 aromatic carbocycles. The topological polar surface area (TPSA) is 17.1 Å². The van der Waals surface area contributed by atoms with Gasteiger partial charge in [0.25, 0.3) is 0 Å². The first-order chi connectivity index (χ1) is 9.09. The van der Waals surface area contributed by atoms with Crippen molar-refractivity contribution < 1.29 is 4.79 Å². The quantitative estimate of drug-likeness (QED) is 0.722. The number of rotatable bonds is 3. The lowest BCUT2D eigenvalue weighted by molar-refractivity contribution is -0.122. The van der Waals surface area contributed by atoms with Gasteiger partial charge in [-0.15, -0.1) is 0 Å². The van der Waals surface area contributed by atoms with Crippen LogP contribution in [-0.4, -0.2) is 6.29 Å². The molecule has 0 aliphatic heterocycles. The smallest absolute Gasteiger partial charge is 0.126 e. The number of carbonyl (C=O) groups excluding carboxylic acids is 1. The summed E-state index contributed by atoms with van der Waals surface area (Å²) in [5, 5.41) is 0. The van der Waals surface area contributed by atoms with E-state index in [1.54, 1.807) is 0 Å². The van der Waals surface area contributed by atoms with Crippen LogP contribution in [0.25, 0.3) is 0 Å². The van der Waals surface area contributed by atoms with Crippen LogP contribution in [0.4, 0.5) is 0 Å². The van der Waals surface area contributed by atoms with Gasteiger partial charge in [0, 0.05) is 5.41 Å². The van der Waals surface area contributed by atoms with Crippen molar-refractivity contribution in [3.63, 3.8) is 0 Å². The number of fused-ring (bicyclic) bond motifs is 3. The summed E-state index contributed by atoms with van der Waals surface area (Å²) in [6.45, 7) is 4.49. The fourth-order valence-electron chi connectivity index (χ4n) is 4.05. The second-order valence-corrected chi connectivity index (χ2v) is 7.04. The van der Waals surface area contributed by atoms with Crippen LogP contribution < -0.4 is 0 Å². The van der Waals surface area contributed by atoms with Crippen LogP contribution in [0.3, 0.4) is 0 Å². The molecule has 0 unspecified atom stereocenters. The maximum absolute atomic E-state index is 11.3. The Bertz CT molecular complexity index is 444. The van der Waals surface area contributed by atoms with E-state index in [0.29, 0.717) is 11.3 Å². The zero-order valence-electron chi connectivity index (χ0n) is 12.1. The number of carbonyl (C=O) groups is 1. The van der Waals surface area contributed by atoms with Crippen LogP contribution in [0, 0.1) is 5.41 Å². The van der Waals surface area contributed by atoms with Crippen molar-refractivity contribution in [2.75, 3.05) is 0 Å². The third-order valence-electron chi connectivity index (χ3n) is 5.74. The Hall–Kier alpha value is -1.11. The Morgan fingerprint density at radius 2 is 1.47 bits per heavy atom. The molecule has 0 atom stereocenters. The average Bonchev–Trinajstić information content (AvgIpc) is 2.49. The second kappa shape index (κ2) is 4.47. The van der Waals surface area contributed by atoms with Crippen molar-refractivity contribution in [2.45, 2.75) is 63.7 Å². The lowest BCUT2D eigenvalue weighted by Crippen LogP contribution is -2.44. The largest absolute Gasteiger partial charge is 0.303 e. The first-order valence-electron chi connectivity index (χ1n) is 7.66. The van der Waals surface area contributed by atoms with Crippen molar-refractivity contribution in [3.8, 4) is 0 Å². The van der Waals surface area contributed by atoms with Gasteiger partial charge in [-0.25, -0.2) is 0 Å². The van der Waals surface area contributed by atoms with Gasteiger partial charge in [-0.2, -0.15) is 0 Å². The number of hydrogen-bond donors (Lipinski definition) is 0. The van der Waals surface area contributed by atoms with Crippen molar-refractivity contribution in [1.82, 2.24) is 0 Å². The third-order valence-corrected chi connectivity index (χ3v) is 5.74. The van der Waals surface area contributed by atoms with Crippen LogP contribution in [0.2, 0.25) is 0 Å². The first-order valence-corrected chi connectivity index (χ1v) is 7.66.